The van der Waals surface area contributed by atoms with Crippen LogP contribution in [0.5, 0.6) is 0 Å². The minimum absolute atomic E-state index is 0. The van der Waals surface area contributed by atoms with E-state index in [-0.39, 0.29) is 41.9 Å². The monoisotopic (exact) mass is 495 g/mol. The third-order valence-corrected chi connectivity index (χ3v) is 4.77. The normalized spacial score (nSPS) is 11.2. The summed E-state index contributed by atoms with van der Waals surface area (Å²) in [6, 6.07) is 18.6. The molecule has 3 rings (SSSR count). The largest absolute Gasteiger partial charge is 2.00 e. The van der Waals surface area contributed by atoms with Crippen LogP contribution < -0.4 is 24.8 Å². The Morgan fingerprint density at radius 3 is 1.39 bits per heavy atom. The second-order valence-corrected chi connectivity index (χ2v) is 7.38. The molecule has 0 bridgehead atoms. The van der Waals surface area contributed by atoms with Gasteiger partial charge in [0.25, 0.3) is 0 Å². The van der Waals surface area contributed by atoms with Gasteiger partial charge in [-0.15, -0.1) is 0 Å². The van der Waals surface area contributed by atoms with Crippen molar-refractivity contribution < 1.29 is 41.9 Å². The van der Waals surface area contributed by atoms with Crippen LogP contribution in [0.4, 0.5) is 11.4 Å². The molecule has 0 aliphatic rings. The molecule has 0 amide bonds. The molecule has 0 unspecified atom stereocenters. The maximum Gasteiger partial charge on any atom is 2.00 e. The predicted molar refractivity (Wildman–Crippen MR) is 120 cm³/mol. The van der Waals surface area contributed by atoms with Gasteiger partial charge in [0.15, 0.2) is 0 Å². The van der Waals surface area contributed by atoms with Gasteiger partial charge in [-0.1, -0.05) is 41.5 Å². The van der Waals surface area contributed by atoms with Crippen molar-refractivity contribution in [1.82, 2.24) is 4.98 Å². The van der Waals surface area contributed by atoms with Gasteiger partial charge >= 0.3 is 17.1 Å². The molecule has 0 aliphatic carbocycles. The van der Waals surface area contributed by atoms with Crippen LogP contribution in [0.3, 0.4) is 0 Å². The van der Waals surface area contributed by atoms with Gasteiger partial charge in [-0.05, 0) is 76.9 Å². The molecule has 0 atom stereocenters. The van der Waals surface area contributed by atoms with Crippen molar-refractivity contribution in [2.45, 2.75) is 41.5 Å². The van der Waals surface area contributed by atoms with Crippen LogP contribution in [0.25, 0.3) is 0 Å². The zero-order valence-corrected chi connectivity index (χ0v) is 21.3. The van der Waals surface area contributed by atoms with Gasteiger partial charge in [-0.25, -0.2) is 4.98 Å². The number of nitrogens with zero attached hydrogens (tertiary/aromatic N) is 3. The van der Waals surface area contributed by atoms with Crippen LogP contribution in [-0.4, -0.2) is 16.4 Å². The summed E-state index contributed by atoms with van der Waals surface area (Å²) >= 11 is 0. The van der Waals surface area contributed by atoms with Gasteiger partial charge in [0.05, 0.1) is 34.2 Å². The molecule has 164 valence electrons. The Morgan fingerprint density at radius 1 is 0.645 bits per heavy atom. The van der Waals surface area contributed by atoms with E-state index < -0.39 is 0 Å². The van der Waals surface area contributed by atoms with Gasteiger partial charge in [-0.2, -0.15) is 0 Å². The third-order valence-electron chi connectivity index (χ3n) is 4.77. The SMILES string of the molecule is C/C(=N\c1ccc(C)cc1C)c1cccc(/C(C)=N/c2ccc(C)cc2C)n1.[Cl-].[Cl-].[Fe+2]. The molecule has 0 N–H and O–H groups in total. The smallest absolute Gasteiger partial charge is 1.00 e. The fraction of sp³-hybridized carbons (Fsp3) is 0.240. The molecule has 0 aliphatic heterocycles. The maximum absolute atomic E-state index is 4.80. The molecule has 1 aromatic heterocycles. The summed E-state index contributed by atoms with van der Waals surface area (Å²) in [5.41, 5.74) is 10.3. The number of hydrogen-bond donors (Lipinski definition) is 0. The van der Waals surface area contributed by atoms with Crippen LogP contribution in [0.2, 0.25) is 0 Å². The first-order valence-electron chi connectivity index (χ1n) is 9.56. The summed E-state index contributed by atoms with van der Waals surface area (Å²) < 4.78 is 0. The summed E-state index contributed by atoms with van der Waals surface area (Å²) in [7, 11) is 0. The Balaban J connectivity index is 0.00000300. The maximum atomic E-state index is 4.80. The first kappa shape index (κ1) is 29.0. The van der Waals surface area contributed by atoms with Crippen LogP contribution in [0.1, 0.15) is 47.5 Å². The summed E-state index contributed by atoms with van der Waals surface area (Å²) in [6.07, 6.45) is 0. The number of benzene rings is 2. The fourth-order valence-corrected chi connectivity index (χ4v) is 3.18. The molecule has 0 saturated carbocycles. The van der Waals surface area contributed by atoms with Gasteiger partial charge in [-0.3, -0.25) is 9.98 Å². The molecule has 2 aromatic carbocycles. The van der Waals surface area contributed by atoms with Crippen LogP contribution >= 0.6 is 0 Å². The van der Waals surface area contributed by atoms with Crippen molar-refractivity contribution in [1.29, 1.82) is 0 Å². The number of pyridine rings is 1. The Kier molecular flexibility index (Phi) is 12.0. The average Bonchev–Trinajstić information content (AvgIpc) is 2.66. The molecule has 0 spiro atoms. The molecule has 3 aromatic rings. The van der Waals surface area contributed by atoms with E-state index in [0.29, 0.717) is 0 Å². The van der Waals surface area contributed by atoms with Crippen LogP contribution in [0.15, 0.2) is 64.6 Å². The number of halogens is 2. The minimum Gasteiger partial charge on any atom is -1.00 e. The van der Waals surface area contributed by atoms with E-state index in [4.69, 9.17) is 15.0 Å². The van der Waals surface area contributed by atoms with E-state index in [2.05, 4.69) is 64.1 Å². The molecule has 6 heteroatoms. The summed E-state index contributed by atoms with van der Waals surface area (Å²) in [5.74, 6) is 0. The van der Waals surface area contributed by atoms with Gasteiger partial charge in [0.2, 0.25) is 0 Å². The van der Waals surface area contributed by atoms with E-state index in [1.54, 1.807) is 0 Å². The number of hydrogen-bond acceptors (Lipinski definition) is 3. The molecule has 1 heterocycles. The van der Waals surface area contributed by atoms with Crippen molar-refractivity contribution in [3.8, 4) is 0 Å². The third kappa shape index (κ3) is 7.59. The molecule has 0 radical (unpaired) electrons. The van der Waals surface area contributed by atoms with Crippen LogP contribution in [0, 0.1) is 27.7 Å². The zero-order chi connectivity index (χ0) is 20.3. The van der Waals surface area contributed by atoms with E-state index in [1.807, 2.05) is 32.0 Å². The molecule has 31 heavy (non-hydrogen) atoms. The Bertz CT molecular complexity index is 1010. The predicted octanol–water partition coefficient (Wildman–Crippen LogP) is 0.602. The number of rotatable bonds is 4. The fourth-order valence-electron chi connectivity index (χ4n) is 3.18. The van der Waals surface area contributed by atoms with Crippen molar-refractivity contribution in [2.75, 3.05) is 0 Å². The second kappa shape index (κ2) is 12.8. The zero-order valence-electron chi connectivity index (χ0n) is 18.6. The Hall–Kier alpha value is -1.97. The summed E-state index contributed by atoms with van der Waals surface area (Å²) in [5, 5.41) is 0. The number of aryl methyl sites for hydroxylation is 4. The standard InChI is InChI=1S/C25H27N3.2ClH.Fe/c1-16-10-12-22(18(3)14-16)26-20(5)24-8-7-9-25(28-24)21(6)27-23-13-11-17(2)15-19(23)4;;;/h7-15H,1-6H3;2*1H;/q;;;+2/p-2/b26-20+,27-21+;;;. The molecular weight excluding hydrogens is 469 g/mol. The number of aliphatic imine (C=N–C) groups is 2. The molecule has 0 saturated heterocycles. The first-order valence-corrected chi connectivity index (χ1v) is 9.56. The summed E-state index contributed by atoms with van der Waals surface area (Å²) in [4.78, 5) is 14.4. The van der Waals surface area contributed by atoms with E-state index in [0.717, 1.165) is 34.2 Å². The second-order valence-electron chi connectivity index (χ2n) is 7.38. The van der Waals surface area contributed by atoms with E-state index >= 15 is 0 Å². The Labute approximate surface area is 208 Å². The average molecular weight is 496 g/mol. The first-order chi connectivity index (χ1) is 13.3. The van der Waals surface area contributed by atoms with Gasteiger partial charge < -0.3 is 24.8 Å². The van der Waals surface area contributed by atoms with Gasteiger partial charge in [0, 0.05) is 0 Å². The molecular formula is C25H27Cl2FeN3. The van der Waals surface area contributed by atoms with Crippen molar-refractivity contribution >= 4 is 22.8 Å². The quantitative estimate of drug-likeness (QED) is 0.386. The van der Waals surface area contributed by atoms with Gasteiger partial charge in [0.1, 0.15) is 0 Å². The molecule has 3 nitrogen and oxygen atoms in total. The van der Waals surface area contributed by atoms with Crippen molar-refractivity contribution in [2.24, 2.45) is 9.98 Å². The van der Waals surface area contributed by atoms with Crippen molar-refractivity contribution in [3.05, 3.63) is 88.2 Å². The van der Waals surface area contributed by atoms with Crippen molar-refractivity contribution in [3.63, 3.8) is 0 Å². The minimum atomic E-state index is 0. The number of aromatic nitrogens is 1. The summed E-state index contributed by atoms with van der Waals surface area (Å²) in [6.45, 7) is 12.4. The van der Waals surface area contributed by atoms with E-state index in [1.165, 1.54) is 22.3 Å². The topological polar surface area (TPSA) is 37.6 Å². The molecule has 0 fully saturated rings. The van der Waals surface area contributed by atoms with Crippen LogP contribution in [-0.2, 0) is 17.1 Å². The van der Waals surface area contributed by atoms with E-state index in [9.17, 15) is 0 Å². The Morgan fingerprint density at radius 2 is 1.03 bits per heavy atom.